The van der Waals surface area contributed by atoms with Gasteiger partial charge >= 0.3 is 0 Å². The first-order valence-corrected chi connectivity index (χ1v) is 7.20. The summed E-state index contributed by atoms with van der Waals surface area (Å²) in [6.07, 6.45) is 1.12. The molecule has 1 N–H and O–H groups in total. The van der Waals surface area contributed by atoms with Gasteiger partial charge in [-0.1, -0.05) is 23.7 Å². The van der Waals surface area contributed by atoms with E-state index in [-0.39, 0.29) is 33.1 Å². The molecule has 0 amide bonds. The van der Waals surface area contributed by atoms with Gasteiger partial charge in [-0.25, -0.2) is 0 Å². The van der Waals surface area contributed by atoms with Crippen LogP contribution in [0.4, 0.5) is 11.4 Å². The number of allylic oxidation sites excluding steroid dienone is 1. The van der Waals surface area contributed by atoms with E-state index in [1.807, 2.05) is 0 Å². The topological polar surface area (TPSA) is 120 Å². The third-order valence-electron chi connectivity index (χ3n) is 3.19. The minimum Gasteiger partial charge on any atom is -0.359 e. The Morgan fingerprint density at radius 1 is 1.16 bits per heavy atom. The normalized spacial score (nSPS) is 9.40. The Bertz CT molecular complexity index is 955. The third kappa shape index (κ3) is 3.99. The Balaban J connectivity index is 2.55. The van der Waals surface area contributed by atoms with Crippen LogP contribution in [0.3, 0.4) is 0 Å². The Hall–Kier alpha value is -3.68. The lowest BCUT2D eigenvalue weighted by Gasteiger charge is -2.09. The van der Waals surface area contributed by atoms with E-state index in [2.05, 4.69) is 5.32 Å². The molecule has 2 rings (SSSR count). The molecule has 0 bridgehead atoms. The van der Waals surface area contributed by atoms with Gasteiger partial charge in [0, 0.05) is 29.6 Å². The summed E-state index contributed by atoms with van der Waals surface area (Å²) in [6, 6.07) is 13.3. The van der Waals surface area contributed by atoms with Crippen LogP contribution in [-0.4, -0.2) is 10.7 Å². The second kappa shape index (κ2) is 7.73. The van der Waals surface area contributed by atoms with Crippen LogP contribution >= 0.6 is 11.6 Å². The lowest BCUT2D eigenvalue weighted by molar-refractivity contribution is -0.384. The maximum Gasteiger partial charge on any atom is 0.270 e. The summed E-state index contributed by atoms with van der Waals surface area (Å²) in [4.78, 5) is 23.1. The molecule has 2 aromatic carbocycles. The van der Waals surface area contributed by atoms with Crippen molar-refractivity contribution in [3.63, 3.8) is 0 Å². The van der Waals surface area contributed by atoms with Crippen molar-refractivity contribution in [2.45, 2.75) is 0 Å². The summed E-state index contributed by atoms with van der Waals surface area (Å²) < 4.78 is 0. The number of nitrogens with one attached hydrogen (secondary N) is 1. The molecule has 0 atom stereocenters. The van der Waals surface area contributed by atoms with Crippen LogP contribution in [0.2, 0.25) is 5.02 Å². The van der Waals surface area contributed by atoms with E-state index in [0.717, 1.165) is 12.3 Å². The zero-order chi connectivity index (χ0) is 18.4. The van der Waals surface area contributed by atoms with Crippen LogP contribution in [0.1, 0.15) is 15.9 Å². The van der Waals surface area contributed by atoms with Gasteiger partial charge in [-0.15, -0.1) is 0 Å². The van der Waals surface area contributed by atoms with Crippen LogP contribution in [-0.2, 0) is 0 Å². The number of anilines is 1. The lowest BCUT2D eigenvalue weighted by Crippen LogP contribution is -2.07. The molecule has 0 aliphatic carbocycles. The minimum absolute atomic E-state index is 0.00576. The predicted octanol–water partition coefficient (Wildman–Crippen LogP) is 3.82. The quantitative estimate of drug-likeness (QED) is 0.378. The number of ketones is 1. The number of nitriles is 2. The molecule has 0 aliphatic heterocycles. The number of nitro groups is 1. The van der Waals surface area contributed by atoms with Crippen LogP contribution in [0, 0.1) is 32.8 Å². The molecule has 0 aliphatic rings. The van der Waals surface area contributed by atoms with Crippen LogP contribution < -0.4 is 5.32 Å². The predicted molar refractivity (Wildman–Crippen MR) is 90.9 cm³/mol. The highest BCUT2D eigenvalue weighted by atomic mass is 35.5. The first-order valence-electron chi connectivity index (χ1n) is 6.82. The molecule has 122 valence electrons. The van der Waals surface area contributed by atoms with E-state index < -0.39 is 10.7 Å². The summed E-state index contributed by atoms with van der Waals surface area (Å²) in [5, 5.41) is 31.4. The summed E-state index contributed by atoms with van der Waals surface area (Å²) in [5.41, 5.74) is -0.106. The zero-order valence-corrected chi connectivity index (χ0v) is 13.3. The number of nitrogens with zero attached hydrogens (tertiary/aromatic N) is 3. The molecule has 2 aromatic rings. The van der Waals surface area contributed by atoms with Crippen LogP contribution in [0.25, 0.3) is 0 Å². The van der Waals surface area contributed by atoms with Gasteiger partial charge in [-0.3, -0.25) is 14.9 Å². The van der Waals surface area contributed by atoms with Gasteiger partial charge in [0.05, 0.1) is 15.5 Å². The summed E-state index contributed by atoms with van der Waals surface area (Å²) in [7, 11) is 0. The van der Waals surface area contributed by atoms with Crippen molar-refractivity contribution in [3.05, 3.63) is 80.5 Å². The fraction of sp³-hybridized carbons (Fsp3) is 0. The number of carbonyl (C=O) groups excluding carboxylic acids is 1. The third-order valence-corrected chi connectivity index (χ3v) is 3.52. The van der Waals surface area contributed by atoms with Gasteiger partial charge in [0.25, 0.3) is 5.69 Å². The Morgan fingerprint density at radius 3 is 2.44 bits per heavy atom. The number of nitro benzene ring substituents is 1. The number of carbonyl (C=O) groups is 1. The first kappa shape index (κ1) is 17.7. The Labute approximate surface area is 147 Å². The SMILES string of the molecule is N#CC(C#N)=CNc1ccc([N+](=O)[O-])cc1C(=O)c1ccccc1Cl. The van der Waals surface area contributed by atoms with E-state index in [1.165, 1.54) is 24.3 Å². The van der Waals surface area contributed by atoms with Crippen LogP contribution in [0.15, 0.2) is 54.2 Å². The van der Waals surface area contributed by atoms with Crippen molar-refractivity contribution in [3.8, 4) is 12.1 Å². The molecule has 8 heteroatoms. The number of hydrogen-bond donors (Lipinski definition) is 1. The monoisotopic (exact) mass is 352 g/mol. The highest BCUT2D eigenvalue weighted by Gasteiger charge is 2.19. The minimum atomic E-state index is -0.626. The molecule has 0 saturated heterocycles. The van der Waals surface area contributed by atoms with Crippen molar-refractivity contribution in [1.29, 1.82) is 10.5 Å². The lowest BCUT2D eigenvalue weighted by atomic mass is 10.0. The Kier molecular flexibility index (Phi) is 5.47. The van der Waals surface area contributed by atoms with Gasteiger partial charge < -0.3 is 5.32 Å². The molecule has 0 unspecified atom stereocenters. The van der Waals surface area contributed by atoms with Gasteiger partial charge in [0.15, 0.2) is 5.78 Å². The van der Waals surface area contributed by atoms with E-state index >= 15 is 0 Å². The van der Waals surface area contributed by atoms with Crippen molar-refractivity contribution < 1.29 is 9.72 Å². The largest absolute Gasteiger partial charge is 0.359 e. The molecule has 0 aromatic heterocycles. The zero-order valence-electron chi connectivity index (χ0n) is 12.6. The average Bonchev–Trinajstić information content (AvgIpc) is 2.62. The standard InChI is InChI=1S/C17H9ClN4O3/c18-15-4-2-1-3-13(15)17(23)14-7-12(22(24)25)5-6-16(14)21-10-11(8-19)9-20/h1-7,10,21H. The van der Waals surface area contributed by atoms with Gasteiger partial charge in [0.1, 0.15) is 17.7 Å². The van der Waals surface area contributed by atoms with Crippen LogP contribution in [0.5, 0.6) is 0 Å². The second-order valence-corrected chi connectivity index (χ2v) is 5.13. The summed E-state index contributed by atoms with van der Waals surface area (Å²) in [5.74, 6) is -0.527. The van der Waals surface area contributed by atoms with E-state index in [9.17, 15) is 14.9 Å². The Morgan fingerprint density at radius 2 is 1.84 bits per heavy atom. The van der Waals surface area contributed by atoms with Crippen molar-refractivity contribution in [2.24, 2.45) is 0 Å². The van der Waals surface area contributed by atoms with E-state index in [4.69, 9.17) is 22.1 Å². The molecular weight excluding hydrogens is 344 g/mol. The van der Waals surface area contributed by atoms with E-state index in [0.29, 0.717) is 0 Å². The molecular formula is C17H9ClN4O3. The number of halogens is 1. The number of rotatable bonds is 5. The van der Waals surface area contributed by atoms with Crippen molar-refractivity contribution in [1.82, 2.24) is 0 Å². The molecule has 0 spiro atoms. The van der Waals surface area contributed by atoms with Gasteiger partial charge in [-0.05, 0) is 18.2 Å². The molecule has 0 saturated carbocycles. The van der Waals surface area contributed by atoms with E-state index in [1.54, 1.807) is 24.3 Å². The summed E-state index contributed by atoms with van der Waals surface area (Å²) >= 11 is 6.02. The second-order valence-electron chi connectivity index (χ2n) is 4.72. The highest BCUT2D eigenvalue weighted by molar-refractivity contribution is 6.35. The maximum atomic E-state index is 12.7. The molecule has 0 heterocycles. The highest BCUT2D eigenvalue weighted by Crippen LogP contribution is 2.27. The fourth-order valence-corrected chi connectivity index (χ4v) is 2.21. The number of non-ortho nitro benzene ring substituents is 1. The average molecular weight is 353 g/mol. The maximum absolute atomic E-state index is 12.7. The van der Waals surface area contributed by atoms with Crippen molar-refractivity contribution in [2.75, 3.05) is 5.32 Å². The number of hydrogen-bond acceptors (Lipinski definition) is 6. The van der Waals surface area contributed by atoms with Crippen molar-refractivity contribution >= 4 is 28.8 Å². The fourth-order valence-electron chi connectivity index (χ4n) is 1.99. The molecule has 0 fully saturated rings. The molecule has 0 radical (unpaired) electrons. The number of benzene rings is 2. The smallest absolute Gasteiger partial charge is 0.270 e. The van der Waals surface area contributed by atoms with Gasteiger partial charge in [-0.2, -0.15) is 10.5 Å². The molecule has 7 nitrogen and oxygen atoms in total. The van der Waals surface area contributed by atoms with Gasteiger partial charge in [0.2, 0.25) is 0 Å². The summed E-state index contributed by atoms with van der Waals surface area (Å²) in [6.45, 7) is 0. The molecule has 25 heavy (non-hydrogen) atoms. The first-order chi connectivity index (χ1) is 12.0.